The van der Waals surface area contributed by atoms with E-state index >= 15 is 0 Å². The first-order chi connectivity index (χ1) is 31.8. The van der Waals surface area contributed by atoms with E-state index < -0.39 is 0 Å². The van der Waals surface area contributed by atoms with Gasteiger partial charge in [-0.05, 0) is 111 Å². The third kappa shape index (κ3) is 5.12. The van der Waals surface area contributed by atoms with Crippen molar-refractivity contribution < 1.29 is 0 Å². The monoisotopic (exact) mass is 831 g/mol. The first-order valence-corrected chi connectivity index (χ1v) is 22.8. The molecule has 1 unspecified atom stereocenters. The lowest BCUT2D eigenvalue weighted by Gasteiger charge is -2.17. The summed E-state index contributed by atoms with van der Waals surface area (Å²) in [6.45, 7) is 0. The van der Waals surface area contributed by atoms with Crippen molar-refractivity contribution in [1.82, 2.24) is 14.1 Å². The molecule has 4 aromatic heterocycles. The van der Waals surface area contributed by atoms with Crippen molar-refractivity contribution in [3.05, 3.63) is 235 Å². The molecule has 3 nitrogen and oxygen atoms in total. The topological polar surface area (TPSA) is 22.8 Å². The van der Waals surface area contributed by atoms with E-state index in [2.05, 4.69) is 227 Å². The van der Waals surface area contributed by atoms with E-state index in [1.54, 1.807) is 0 Å². The molecule has 1 aliphatic carbocycles. The van der Waals surface area contributed by atoms with Crippen LogP contribution < -0.4 is 0 Å². The molecule has 0 spiro atoms. The Bertz CT molecular complexity index is 4020. The predicted octanol–water partition coefficient (Wildman–Crippen LogP) is 16.1. The minimum Gasteiger partial charge on any atom is -0.309 e. The van der Waals surface area contributed by atoms with Crippen LogP contribution in [0.3, 0.4) is 0 Å². The molecular formula is C60H37N3S. The maximum Gasteiger partial charge on any atom is 0.0625 e. The second kappa shape index (κ2) is 13.7. The van der Waals surface area contributed by atoms with E-state index in [0.29, 0.717) is 0 Å². The van der Waals surface area contributed by atoms with Crippen molar-refractivity contribution in [2.45, 2.75) is 5.92 Å². The Kier molecular flexibility index (Phi) is 7.62. The van der Waals surface area contributed by atoms with Crippen molar-refractivity contribution in [2.75, 3.05) is 0 Å². The van der Waals surface area contributed by atoms with Crippen LogP contribution in [0.15, 0.2) is 219 Å². The molecule has 14 rings (SSSR count). The van der Waals surface area contributed by atoms with Crippen LogP contribution in [0.25, 0.3) is 109 Å². The van der Waals surface area contributed by atoms with E-state index in [-0.39, 0.29) is 5.92 Å². The Morgan fingerprint density at radius 1 is 0.391 bits per heavy atom. The standard InChI is InChI=1S/C60H37N3S/c1-3-13-37(14-4-1)42-27-28-48-44-17-7-11-21-54(44)63(41-25-30-57-51(35-41)46-19-9-12-22-56(46)64-57)60(48)59(42)39-23-29-55-50(33-39)45-18-8-10-20-53(45)62(55)40-24-26-47-49(34-40)43-31-32-61-36-52(43)58(47)38-15-5-2-6-16-38/h1-36,58H. The average Bonchev–Trinajstić information content (AvgIpc) is 4.10. The van der Waals surface area contributed by atoms with Crippen molar-refractivity contribution in [3.63, 3.8) is 0 Å². The van der Waals surface area contributed by atoms with Gasteiger partial charge < -0.3 is 9.13 Å². The fourth-order valence-corrected chi connectivity index (χ4v) is 12.0. The minimum atomic E-state index is 0.151. The molecule has 64 heavy (non-hydrogen) atoms. The quantitative estimate of drug-likeness (QED) is 0.169. The van der Waals surface area contributed by atoms with Crippen molar-refractivity contribution >= 4 is 75.1 Å². The van der Waals surface area contributed by atoms with Crippen LogP contribution in [0.4, 0.5) is 0 Å². The molecule has 0 N–H and O–H groups in total. The highest BCUT2D eigenvalue weighted by Gasteiger charge is 2.31. The molecule has 4 heterocycles. The first-order valence-electron chi connectivity index (χ1n) is 22.0. The third-order valence-corrected chi connectivity index (χ3v) is 14.8. The van der Waals surface area contributed by atoms with Crippen LogP contribution in [0.5, 0.6) is 0 Å². The van der Waals surface area contributed by atoms with Gasteiger partial charge in [-0.25, -0.2) is 0 Å². The van der Waals surface area contributed by atoms with E-state index in [1.807, 2.05) is 17.5 Å². The van der Waals surface area contributed by atoms with E-state index in [4.69, 9.17) is 0 Å². The summed E-state index contributed by atoms with van der Waals surface area (Å²) >= 11 is 1.86. The van der Waals surface area contributed by atoms with Gasteiger partial charge in [0.1, 0.15) is 0 Å². The number of benzene rings is 9. The predicted molar refractivity (Wildman–Crippen MR) is 269 cm³/mol. The van der Waals surface area contributed by atoms with Crippen LogP contribution in [-0.2, 0) is 0 Å². The summed E-state index contributed by atoms with van der Waals surface area (Å²) in [5, 5.41) is 7.54. The smallest absolute Gasteiger partial charge is 0.0625 e. The lowest BCUT2D eigenvalue weighted by atomic mass is 9.90. The van der Waals surface area contributed by atoms with Crippen LogP contribution in [0.1, 0.15) is 22.6 Å². The number of pyridine rings is 1. The zero-order valence-electron chi connectivity index (χ0n) is 34.6. The Balaban J connectivity index is 1.03. The molecule has 1 atom stereocenters. The fraction of sp³-hybridized carbons (Fsp3) is 0.0167. The first kappa shape index (κ1) is 35.5. The van der Waals surface area contributed by atoms with Crippen LogP contribution in [0.2, 0.25) is 0 Å². The summed E-state index contributed by atoms with van der Waals surface area (Å²) in [5.41, 5.74) is 18.3. The third-order valence-electron chi connectivity index (χ3n) is 13.7. The second-order valence-corrected chi connectivity index (χ2v) is 18.1. The zero-order valence-corrected chi connectivity index (χ0v) is 35.4. The second-order valence-electron chi connectivity index (χ2n) is 17.0. The Labute approximate surface area is 373 Å². The maximum absolute atomic E-state index is 4.60. The molecular weight excluding hydrogens is 795 g/mol. The van der Waals surface area contributed by atoms with Crippen LogP contribution in [-0.4, -0.2) is 14.1 Å². The largest absolute Gasteiger partial charge is 0.309 e. The number of rotatable bonds is 5. The van der Waals surface area contributed by atoms with Crippen molar-refractivity contribution in [1.29, 1.82) is 0 Å². The Morgan fingerprint density at radius 2 is 1.06 bits per heavy atom. The van der Waals surface area contributed by atoms with Gasteiger partial charge in [-0.2, -0.15) is 0 Å². The van der Waals surface area contributed by atoms with Gasteiger partial charge in [-0.15, -0.1) is 11.3 Å². The van der Waals surface area contributed by atoms with Crippen LogP contribution in [0, 0.1) is 0 Å². The molecule has 0 bridgehead atoms. The molecule has 0 saturated carbocycles. The zero-order chi connectivity index (χ0) is 41.9. The molecule has 13 aromatic rings. The molecule has 0 amide bonds. The number of hydrogen-bond donors (Lipinski definition) is 0. The summed E-state index contributed by atoms with van der Waals surface area (Å²) in [7, 11) is 0. The number of para-hydroxylation sites is 2. The highest BCUT2D eigenvalue weighted by Crippen LogP contribution is 2.50. The van der Waals surface area contributed by atoms with Gasteiger partial charge >= 0.3 is 0 Å². The summed E-state index contributed by atoms with van der Waals surface area (Å²) in [6.07, 6.45) is 3.98. The lowest BCUT2D eigenvalue weighted by molar-refractivity contribution is 0.999. The SMILES string of the molecule is c1ccc(-c2ccc3c4ccccc4n(-c4ccc5sc6ccccc6c5c4)c3c2-c2ccc3c(c2)c2ccccc2n3-c2ccc3c(c2)-c2ccncc2C3c2ccccc2)cc1. The summed E-state index contributed by atoms with van der Waals surface area (Å²) in [5.74, 6) is 0.151. The van der Waals surface area contributed by atoms with Crippen LogP contribution >= 0.6 is 11.3 Å². The number of thiophene rings is 1. The fourth-order valence-electron chi connectivity index (χ4n) is 11.0. The summed E-state index contributed by atoms with van der Waals surface area (Å²) in [6, 6.07) is 76.5. The molecule has 0 radical (unpaired) electrons. The van der Waals surface area contributed by atoms with Gasteiger partial charge in [-0.1, -0.05) is 140 Å². The Morgan fingerprint density at radius 3 is 1.91 bits per heavy atom. The van der Waals surface area contributed by atoms with Crippen molar-refractivity contribution in [3.8, 4) is 44.8 Å². The normalized spacial score (nSPS) is 13.5. The number of fused-ring (bicyclic) bond motifs is 12. The van der Waals surface area contributed by atoms with Gasteiger partial charge in [0.25, 0.3) is 0 Å². The van der Waals surface area contributed by atoms with Gasteiger partial charge in [0.15, 0.2) is 0 Å². The maximum atomic E-state index is 4.60. The molecule has 0 saturated heterocycles. The molecule has 0 aliphatic heterocycles. The molecule has 298 valence electrons. The summed E-state index contributed by atoms with van der Waals surface area (Å²) in [4.78, 5) is 4.60. The number of nitrogens with zero attached hydrogens (tertiary/aromatic N) is 3. The minimum absolute atomic E-state index is 0.151. The van der Waals surface area contributed by atoms with Gasteiger partial charge in [0, 0.05) is 77.0 Å². The van der Waals surface area contributed by atoms with Gasteiger partial charge in [-0.3, -0.25) is 4.98 Å². The molecule has 1 aliphatic rings. The number of aromatic nitrogens is 3. The van der Waals surface area contributed by atoms with E-state index in [1.165, 1.54) is 114 Å². The molecule has 4 heteroatoms. The highest BCUT2D eigenvalue weighted by atomic mass is 32.1. The number of hydrogen-bond acceptors (Lipinski definition) is 2. The van der Waals surface area contributed by atoms with Crippen molar-refractivity contribution in [2.24, 2.45) is 0 Å². The molecule has 0 fully saturated rings. The highest BCUT2D eigenvalue weighted by molar-refractivity contribution is 7.25. The average molecular weight is 832 g/mol. The van der Waals surface area contributed by atoms with E-state index in [9.17, 15) is 0 Å². The lowest BCUT2D eigenvalue weighted by Crippen LogP contribution is -2.00. The molecule has 9 aromatic carbocycles. The Hall–Kier alpha value is -8.05. The van der Waals surface area contributed by atoms with E-state index in [0.717, 1.165) is 11.4 Å². The van der Waals surface area contributed by atoms with Gasteiger partial charge in [0.05, 0.1) is 22.1 Å². The summed E-state index contributed by atoms with van der Waals surface area (Å²) < 4.78 is 7.60. The van der Waals surface area contributed by atoms with Gasteiger partial charge in [0.2, 0.25) is 0 Å².